The minimum atomic E-state index is -4.03. The standard InChI is InChI=1S/C28H33N3O6S/c1-4-18-37-26-17-12-22(19-27(26)36-6-3)20-29-30-28(32)21-31(23-13-15-24(16-14-23)35-5-2)38(33,34)25-10-8-7-9-11-25/h7-17,19-20H,4-6,18,21H2,1-3H3,(H,30,32). The first-order valence-electron chi connectivity index (χ1n) is 12.4. The van der Waals surface area contributed by atoms with Crippen molar-refractivity contribution >= 4 is 27.8 Å². The molecule has 0 spiro atoms. The Bertz CT molecular complexity index is 1310. The van der Waals surface area contributed by atoms with E-state index < -0.39 is 22.5 Å². The van der Waals surface area contributed by atoms with Crippen molar-refractivity contribution in [1.82, 2.24) is 5.43 Å². The highest BCUT2D eigenvalue weighted by Crippen LogP contribution is 2.28. The number of sulfonamides is 1. The highest BCUT2D eigenvalue weighted by Gasteiger charge is 2.27. The number of carbonyl (C=O) groups is 1. The van der Waals surface area contributed by atoms with Crippen molar-refractivity contribution in [3.05, 3.63) is 78.4 Å². The van der Waals surface area contributed by atoms with Gasteiger partial charge in [-0.2, -0.15) is 5.10 Å². The van der Waals surface area contributed by atoms with Crippen LogP contribution in [0.25, 0.3) is 0 Å². The predicted octanol–water partition coefficient (Wildman–Crippen LogP) is 4.62. The lowest BCUT2D eigenvalue weighted by Gasteiger charge is -2.24. The third kappa shape index (κ3) is 7.72. The Kier molecular flexibility index (Phi) is 10.5. The van der Waals surface area contributed by atoms with E-state index >= 15 is 0 Å². The van der Waals surface area contributed by atoms with Crippen LogP contribution in [0.5, 0.6) is 17.2 Å². The minimum Gasteiger partial charge on any atom is -0.494 e. The summed E-state index contributed by atoms with van der Waals surface area (Å²) in [7, 11) is -4.03. The van der Waals surface area contributed by atoms with Crippen LogP contribution in [-0.2, 0) is 14.8 Å². The number of anilines is 1. The molecular formula is C28H33N3O6S. The summed E-state index contributed by atoms with van der Waals surface area (Å²) in [6, 6.07) is 19.8. The first kappa shape index (κ1) is 28.5. The predicted molar refractivity (Wildman–Crippen MR) is 148 cm³/mol. The first-order valence-corrected chi connectivity index (χ1v) is 13.8. The van der Waals surface area contributed by atoms with Gasteiger partial charge in [0.15, 0.2) is 11.5 Å². The van der Waals surface area contributed by atoms with Gasteiger partial charge in [-0.05, 0) is 80.4 Å². The molecule has 10 heteroatoms. The molecule has 0 aliphatic carbocycles. The molecule has 0 fully saturated rings. The molecule has 0 saturated carbocycles. The van der Waals surface area contributed by atoms with Crippen molar-refractivity contribution in [3.63, 3.8) is 0 Å². The molecule has 0 unspecified atom stereocenters. The molecule has 0 radical (unpaired) electrons. The second-order valence-corrected chi connectivity index (χ2v) is 9.89. The fourth-order valence-electron chi connectivity index (χ4n) is 3.46. The largest absolute Gasteiger partial charge is 0.494 e. The smallest absolute Gasteiger partial charge is 0.264 e. The number of nitrogens with one attached hydrogen (secondary N) is 1. The maximum atomic E-state index is 13.4. The number of amides is 1. The van der Waals surface area contributed by atoms with Gasteiger partial charge in [0.2, 0.25) is 0 Å². The Hall–Kier alpha value is -4.05. The van der Waals surface area contributed by atoms with E-state index in [-0.39, 0.29) is 4.90 Å². The SMILES string of the molecule is CCCOc1ccc(C=NNC(=O)CN(c2ccc(OCC)cc2)S(=O)(=O)c2ccccc2)cc1OCC. The maximum Gasteiger partial charge on any atom is 0.264 e. The molecule has 3 aromatic carbocycles. The molecular weight excluding hydrogens is 506 g/mol. The van der Waals surface area contributed by atoms with Crippen LogP contribution in [0, 0.1) is 0 Å². The van der Waals surface area contributed by atoms with Crippen LogP contribution in [-0.4, -0.2) is 46.9 Å². The second-order valence-electron chi connectivity index (χ2n) is 8.03. The fraction of sp³-hybridized carbons (Fsp3) is 0.286. The van der Waals surface area contributed by atoms with Crippen molar-refractivity contribution in [1.29, 1.82) is 0 Å². The van der Waals surface area contributed by atoms with Gasteiger partial charge >= 0.3 is 0 Å². The summed E-state index contributed by atoms with van der Waals surface area (Å²) < 4.78 is 44.7. The van der Waals surface area contributed by atoms with Gasteiger partial charge in [0.1, 0.15) is 12.3 Å². The number of carbonyl (C=O) groups excluding carboxylic acids is 1. The summed E-state index contributed by atoms with van der Waals surface area (Å²) >= 11 is 0. The Balaban J connectivity index is 1.78. The van der Waals surface area contributed by atoms with Crippen LogP contribution in [0.15, 0.2) is 82.8 Å². The van der Waals surface area contributed by atoms with E-state index in [4.69, 9.17) is 14.2 Å². The number of benzene rings is 3. The van der Waals surface area contributed by atoms with Crippen molar-refractivity contribution in [3.8, 4) is 17.2 Å². The third-order valence-corrected chi connectivity index (χ3v) is 6.97. The molecule has 0 aliphatic rings. The van der Waals surface area contributed by atoms with Crippen molar-refractivity contribution in [2.45, 2.75) is 32.1 Å². The summed E-state index contributed by atoms with van der Waals surface area (Å²) in [4.78, 5) is 12.9. The number of hydrazone groups is 1. The number of hydrogen-bond donors (Lipinski definition) is 1. The minimum absolute atomic E-state index is 0.0685. The lowest BCUT2D eigenvalue weighted by molar-refractivity contribution is -0.119. The lowest BCUT2D eigenvalue weighted by Crippen LogP contribution is -2.39. The lowest BCUT2D eigenvalue weighted by atomic mass is 10.2. The van der Waals surface area contributed by atoms with Crippen molar-refractivity contribution < 1.29 is 27.4 Å². The van der Waals surface area contributed by atoms with Gasteiger partial charge in [0.25, 0.3) is 15.9 Å². The normalized spacial score (nSPS) is 11.2. The Morgan fingerprint density at radius 1 is 0.895 bits per heavy atom. The fourth-order valence-corrected chi connectivity index (χ4v) is 4.90. The molecule has 0 atom stereocenters. The summed E-state index contributed by atoms with van der Waals surface area (Å²) in [6.07, 6.45) is 2.32. The van der Waals surface area contributed by atoms with Gasteiger partial charge < -0.3 is 14.2 Å². The van der Waals surface area contributed by atoms with Crippen molar-refractivity contribution in [2.75, 3.05) is 30.7 Å². The van der Waals surface area contributed by atoms with E-state index in [1.54, 1.807) is 60.7 Å². The van der Waals surface area contributed by atoms with E-state index in [0.717, 1.165) is 10.7 Å². The van der Waals surface area contributed by atoms with Gasteiger partial charge in [-0.25, -0.2) is 13.8 Å². The van der Waals surface area contributed by atoms with E-state index in [0.29, 0.717) is 48.3 Å². The summed E-state index contributed by atoms with van der Waals surface area (Å²) in [6.45, 7) is 6.80. The van der Waals surface area contributed by atoms with Crippen molar-refractivity contribution in [2.24, 2.45) is 5.10 Å². The molecule has 0 aromatic heterocycles. The number of rotatable bonds is 14. The zero-order chi connectivity index (χ0) is 27.4. The average Bonchev–Trinajstić information content (AvgIpc) is 2.92. The molecule has 9 nitrogen and oxygen atoms in total. The van der Waals surface area contributed by atoms with Crippen LogP contribution in [0.3, 0.4) is 0 Å². The highest BCUT2D eigenvalue weighted by atomic mass is 32.2. The van der Waals surface area contributed by atoms with Crippen LogP contribution in [0.2, 0.25) is 0 Å². The topological polar surface area (TPSA) is 107 Å². The zero-order valence-corrected chi connectivity index (χ0v) is 22.6. The Labute approximate surface area is 224 Å². The van der Waals surface area contributed by atoms with Gasteiger partial charge in [0, 0.05) is 0 Å². The number of hydrogen-bond acceptors (Lipinski definition) is 7. The van der Waals surface area contributed by atoms with Gasteiger partial charge in [-0.15, -0.1) is 0 Å². The highest BCUT2D eigenvalue weighted by molar-refractivity contribution is 7.92. The third-order valence-electron chi connectivity index (χ3n) is 5.19. The van der Waals surface area contributed by atoms with Crippen LogP contribution in [0.1, 0.15) is 32.8 Å². The molecule has 202 valence electrons. The number of ether oxygens (including phenoxy) is 3. The molecule has 0 bridgehead atoms. The van der Waals surface area contributed by atoms with Crippen LogP contribution in [0.4, 0.5) is 5.69 Å². The first-order chi connectivity index (χ1) is 18.4. The monoisotopic (exact) mass is 539 g/mol. The van der Waals surface area contributed by atoms with Crippen LogP contribution < -0.4 is 23.9 Å². The Morgan fingerprint density at radius 2 is 1.61 bits per heavy atom. The maximum absolute atomic E-state index is 13.4. The molecule has 1 N–H and O–H groups in total. The summed E-state index contributed by atoms with van der Waals surface area (Å²) in [5.74, 6) is 1.20. The molecule has 0 heterocycles. The molecule has 0 saturated heterocycles. The molecule has 3 rings (SSSR count). The Morgan fingerprint density at radius 3 is 2.26 bits per heavy atom. The molecule has 3 aromatic rings. The second kappa shape index (κ2) is 14.0. The van der Waals surface area contributed by atoms with E-state index in [1.807, 2.05) is 20.8 Å². The van der Waals surface area contributed by atoms with E-state index in [9.17, 15) is 13.2 Å². The quantitative estimate of drug-likeness (QED) is 0.237. The van der Waals surface area contributed by atoms with Crippen LogP contribution >= 0.6 is 0 Å². The zero-order valence-electron chi connectivity index (χ0n) is 21.8. The molecule has 0 aliphatic heterocycles. The molecule has 1 amide bonds. The van der Waals surface area contributed by atoms with E-state index in [1.165, 1.54) is 18.3 Å². The van der Waals surface area contributed by atoms with Gasteiger partial charge in [0.05, 0.1) is 36.6 Å². The summed E-state index contributed by atoms with van der Waals surface area (Å²) in [5, 5.41) is 4.01. The summed E-state index contributed by atoms with van der Waals surface area (Å²) in [5.41, 5.74) is 3.41. The average molecular weight is 540 g/mol. The van der Waals surface area contributed by atoms with E-state index in [2.05, 4.69) is 10.5 Å². The number of nitrogens with zero attached hydrogens (tertiary/aromatic N) is 2. The van der Waals surface area contributed by atoms with Gasteiger partial charge in [-0.1, -0.05) is 25.1 Å². The molecule has 38 heavy (non-hydrogen) atoms. The van der Waals surface area contributed by atoms with Gasteiger partial charge in [-0.3, -0.25) is 9.10 Å².